The Morgan fingerprint density at radius 3 is 2.95 bits per heavy atom. The Kier molecular flexibility index (Phi) is 2.00. The van der Waals surface area contributed by atoms with Gasteiger partial charge in [0.2, 0.25) is 0 Å². The number of benzene rings is 1. The molecule has 92 valence electrons. The lowest BCUT2D eigenvalue weighted by molar-refractivity contribution is 0.641. The SMILES string of the molecule is Cc1ccccc1-c1cn2c(n1)oc1ccncc12. The maximum Gasteiger partial charge on any atom is 0.307 e. The molecule has 4 nitrogen and oxygen atoms in total. The minimum absolute atomic E-state index is 0.598. The zero-order chi connectivity index (χ0) is 12.8. The highest BCUT2D eigenvalue weighted by molar-refractivity contribution is 5.77. The molecule has 0 aliphatic carbocycles. The van der Waals surface area contributed by atoms with E-state index in [0.29, 0.717) is 5.84 Å². The summed E-state index contributed by atoms with van der Waals surface area (Å²) in [6.45, 7) is 2.08. The fourth-order valence-corrected chi connectivity index (χ4v) is 2.34. The molecule has 0 radical (unpaired) electrons. The first-order valence-electron chi connectivity index (χ1n) is 6.10. The van der Waals surface area contributed by atoms with Crippen molar-refractivity contribution in [2.45, 2.75) is 6.92 Å². The van der Waals surface area contributed by atoms with Crippen molar-refractivity contribution in [2.24, 2.45) is 0 Å². The topological polar surface area (TPSA) is 43.3 Å². The first-order valence-corrected chi connectivity index (χ1v) is 6.10. The van der Waals surface area contributed by atoms with Gasteiger partial charge in [-0.3, -0.25) is 9.38 Å². The van der Waals surface area contributed by atoms with E-state index in [4.69, 9.17) is 4.42 Å². The van der Waals surface area contributed by atoms with Crippen LogP contribution in [-0.4, -0.2) is 14.4 Å². The van der Waals surface area contributed by atoms with Crippen LogP contribution in [0.25, 0.3) is 28.2 Å². The van der Waals surface area contributed by atoms with E-state index in [1.165, 1.54) is 5.56 Å². The number of hydrogen-bond donors (Lipinski definition) is 0. The monoisotopic (exact) mass is 249 g/mol. The van der Waals surface area contributed by atoms with Gasteiger partial charge in [0.05, 0.1) is 11.9 Å². The minimum atomic E-state index is 0.598. The molecular formula is C15H11N3O. The number of aromatic nitrogens is 3. The van der Waals surface area contributed by atoms with Crippen LogP contribution >= 0.6 is 0 Å². The zero-order valence-corrected chi connectivity index (χ0v) is 10.4. The summed E-state index contributed by atoms with van der Waals surface area (Å²) in [5, 5.41) is 0. The summed E-state index contributed by atoms with van der Waals surface area (Å²) < 4.78 is 7.64. The Hall–Kier alpha value is -2.62. The number of nitrogens with zero attached hydrogens (tertiary/aromatic N) is 3. The second kappa shape index (κ2) is 3.68. The van der Waals surface area contributed by atoms with Gasteiger partial charge in [0.25, 0.3) is 0 Å². The highest BCUT2D eigenvalue weighted by atomic mass is 16.4. The summed E-state index contributed by atoms with van der Waals surface area (Å²) in [4.78, 5) is 8.68. The van der Waals surface area contributed by atoms with E-state index in [1.807, 2.05) is 28.8 Å². The maximum absolute atomic E-state index is 5.71. The molecule has 4 rings (SSSR count). The van der Waals surface area contributed by atoms with Gasteiger partial charge in [0, 0.05) is 24.0 Å². The molecule has 0 bridgehead atoms. The summed E-state index contributed by atoms with van der Waals surface area (Å²) in [5.41, 5.74) is 4.98. The molecular weight excluding hydrogens is 238 g/mol. The van der Waals surface area contributed by atoms with Gasteiger partial charge >= 0.3 is 5.84 Å². The van der Waals surface area contributed by atoms with E-state index in [2.05, 4.69) is 29.0 Å². The van der Waals surface area contributed by atoms with Gasteiger partial charge in [-0.25, -0.2) is 0 Å². The predicted molar refractivity (Wildman–Crippen MR) is 72.9 cm³/mol. The molecule has 4 heteroatoms. The van der Waals surface area contributed by atoms with Crippen LogP contribution in [0.5, 0.6) is 0 Å². The molecule has 1 aromatic carbocycles. The molecule has 0 amide bonds. The highest BCUT2D eigenvalue weighted by Crippen LogP contribution is 2.26. The average molecular weight is 249 g/mol. The predicted octanol–water partition coefficient (Wildman–Crippen LogP) is 3.45. The van der Waals surface area contributed by atoms with Crippen LogP contribution < -0.4 is 0 Å². The van der Waals surface area contributed by atoms with Crippen molar-refractivity contribution < 1.29 is 4.42 Å². The van der Waals surface area contributed by atoms with Crippen LogP contribution in [-0.2, 0) is 0 Å². The van der Waals surface area contributed by atoms with Gasteiger partial charge in [0.15, 0.2) is 5.58 Å². The van der Waals surface area contributed by atoms with E-state index >= 15 is 0 Å². The van der Waals surface area contributed by atoms with Crippen LogP contribution in [0.1, 0.15) is 5.56 Å². The van der Waals surface area contributed by atoms with E-state index in [9.17, 15) is 0 Å². The molecule has 0 aliphatic heterocycles. The zero-order valence-electron chi connectivity index (χ0n) is 10.4. The van der Waals surface area contributed by atoms with Gasteiger partial charge < -0.3 is 4.42 Å². The molecule has 0 unspecified atom stereocenters. The van der Waals surface area contributed by atoms with Gasteiger partial charge in [-0.05, 0) is 12.5 Å². The summed E-state index contributed by atoms with van der Waals surface area (Å²) in [5.74, 6) is 0.598. The van der Waals surface area contributed by atoms with Crippen molar-refractivity contribution in [3.8, 4) is 11.3 Å². The molecule has 0 atom stereocenters. The van der Waals surface area contributed by atoms with Crippen molar-refractivity contribution in [3.63, 3.8) is 0 Å². The number of hydrogen-bond acceptors (Lipinski definition) is 3. The standard InChI is InChI=1S/C15H11N3O/c1-10-4-2-3-5-11(10)12-9-18-13-8-16-7-6-14(13)19-15(18)17-12/h2-9H,1H3. The van der Waals surface area contributed by atoms with Crippen LogP contribution in [0, 0.1) is 6.92 Å². The third-order valence-electron chi connectivity index (χ3n) is 3.32. The fraction of sp³-hybridized carbons (Fsp3) is 0.0667. The lowest BCUT2D eigenvalue weighted by atomic mass is 10.1. The number of rotatable bonds is 1. The number of oxazole rings is 1. The van der Waals surface area contributed by atoms with Gasteiger partial charge in [-0.1, -0.05) is 24.3 Å². The van der Waals surface area contributed by atoms with Gasteiger partial charge in [-0.15, -0.1) is 0 Å². The lowest BCUT2D eigenvalue weighted by Gasteiger charge is -2.00. The lowest BCUT2D eigenvalue weighted by Crippen LogP contribution is -1.82. The molecule has 19 heavy (non-hydrogen) atoms. The van der Waals surface area contributed by atoms with Crippen LogP contribution in [0.15, 0.2) is 53.3 Å². The first kappa shape index (κ1) is 10.3. The molecule has 0 aliphatic rings. The normalized spacial score (nSPS) is 11.4. The highest BCUT2D eigenvalue weighted by Gasteiger charge is 2.12. The van der Waals surface area contributed by atoms with Gasteiger partial charge in [0.1, 0.15) is 5.52 Å². The quantitative estimate of drug-likeness (QED) is 0.519. The third-order valence-corrected chi connectivity index (χ3v) is 3.32. The average Bonchev–Trinajstić information content (AvgIpc) is 2.96. The van der Waals surface area contributed by atoms with Crippen molar-refractivity contribution in [2.75, 3.05) is 0 Å². The van der Waals surface area contributed by atoms with Crippen molar-refractivity contribution in [3.05, 3.63) is 54.5 Å². The summed E-state index contributed by atoms with van der Waals surface area (Å²) in [6.07, 6.45) is 5.49. The Balaban J connectivity index is 2.00. The minimum Gasteiger partial charge on any atom is -0.423 e. The molecule has 0 N–H and O–H groups in total. The van der Waals surface area contributed by atoms with Crippen LogP contribution in [0.4, 0.5) is 0 Å². The van der Waals surface area contributed by atoms with Crippen molar-refractivity contribution in [1.29, 1.82) is 0 Å². The molecule has 0 fully saturated rings. The number of aryl methyl sites for hydroxylation is 1. The number of fused-ring (bicyclic) bond motifs is 3. The van der Waals surface area contributed by atoms with E-state index < -0.39 is 0 Å². The number of pyridine rings is 1. The molecule has 0 saturated carbocycles. The van der Waals surface area contributed by atoms with Crippen molar-refractivity contribution in [1.82, 2.24) is 14.4 Å². The first-order chi connectivity index (χ1) is 9.33. The van der Waals surface area contributed by atoms with Crippen LogP contribution in [0.2, 0.25) is 0 Å². The maximum atomic E-state index is 5.71. The van der Waals surface area contributed by atoms with Gasteiger partial charge in [-0.2, -0.15) is 4.98 Å². The summed E-state index contributed by atoms with van der Waals surface area (Å²) >= 11 is 0. The van der Waals surface area contributed by atoms with E-state index in [1.54, 1.807) is 12.4 Å². The molecule has 0 saturated heterocycles. The Labute approximate surface area is 109 Å². The van der Waals surface area contributed by atoms with Crippen molar-refractivity contribution >= 4 is 16.9 Å². The Morgan fingerprint density at radius 2 is 2.05 bits per heavy atom. The Bertz CT molecular complexity index is 889. The summed E-state index contributed by atoms with van der Waals surface area (Å²) in [7, 11) is 0. The molecule has 4 aromatic rings. The fourth-order valence-electron chi connectivity index (χ4n) is 2.34. The third kappa shape index (κ3) is 1.46. The smallest absolute Gasteiger partial charge is 0.307 e. The van der Waals surface area contributed by atoms with Crippen LogP contribution in [0.3, 0.4) is 0 Å². The second-order valence-corrected chi connectivity index (χ2v) is 4.54. The molecule has 3 heterocycles. The molecule has 3 aromatic heterocycles. The largest absolute Gasteiger partial charge is 0.423 e. The summed E-state index contributed by atoms with van der Waals surface area (Å²) in [6, 6.07) is 10.0. The number of imidazole rings is 1. The molecule has 0 spiro atoms. The van der Waals surface area contributed by atoms with E-state index in [-0.39, 0.29) is 0 Å². The van der Waals surface area contributed by atoms with E-state index in [0.717, 1.165) is 22.4 Å². The Morgan fingerprint density at radius 1 is 1.16 bits per heavy atom. The second-order valence-electron chi connectivity index (χ2n) is 4.54.